The Labute approximate surface area is 192 Å². The average Bonchev–Trinajstić information content (AvgIpc) is 3.17. The van der Waals surface area contributed by atoms with Crippen LogP contribution in [-0.2, 0) is 17.2 Å². The number of halogens is 5. The number of rotatable bonds is 6. The van der Waals surface area contributed by atoms with Crippen LogP contribution in [0.3, 0.4) is 0 Å². The molecule has 0 atom stereocenters. The summed E-state index contributed by atoms with van der Waals surface area (Å²) in [7, 11) is 1.61. The minimum Gasteiger partial charge on any atom is -0.381 e. The van der Waals surface area contributed by atoms with E-state index in [1.165, 1.54) is 24.4 Å². The zero-order valence-corrected chi connectivity index (χ0v) is 18.6. The summed E-state index contributed by atoms with van der Waals surface area (Å²) in [5.41, 5.74) is 0.0826. The zero-order chi connectivity index (χ0) is 24.6. The first-order valence-electron chi connectivity index (χ1n) is 10.7. The summed E-state index contributed by atoms with van der Waals surface area (Å²) >= 11 is 0. The van der Waals surface area contributed by atoms with Crippen LogP contribution in [0.5, 0.6) is 0 Å². The van der Waals surface area contributed by atoms with Crippen molar-refractivity contribution in [2.45, 2.75) is 44.8 Å². The van der Waals surface area contributed by atoms with Gasteiger partial charge in [0.2, 0.25) is 0 Å². The van der Waals surface area contributed by atoms with Gasteiger partial charge in [-0.1, -0.05) is 6.07 Å². The second-order valence-electron chi connectivity index (χ2n) is 8.27. The molecule has 3 heterocycles. The van der Waals surface area contributed by atoms with Gasteiger partial charge in [0, 0.05) is 38.9 Å². The van der Waals surface area contributed by atoms with Gasteiger partial charge in [0.1, 0.15) is 11.3 Å². The third-order valence-electron chi connectivity index (χ3n) is 5.92. The Morgan fingerprint density at radius 2 is 1.94 bits per heavy atom. The van der Waals surface area contributed by atoms with Gasteiger partial charge in [-0.3, -0.25) is 9.78 Å². The lowest BCUT2D eigenvalue weighted by Crippen LogP contribution is -2.40. The number of piperidine rings is 1. The molecule has 0 saturated carbocycles. The summed E-state index contributed by atoms with van der Waals surface area (Å²) in [5, 5.41) is 0. The first-order chi connectivity index (χ1) is 16.1. The number of pyridine rings is 1. The number of benzene rings is 1. The Morgan fingerprint density at radius 3 is 2.53 bits per heavy atom. The van der Waals surface area contributed by atoms with E-state index in [1.54, 1.807) is 12.0 Å². The number of fused-ring (bicyclic) bond motifs is 1. The molecule has 182 valence electrons. The molecule has 0 bridgehead atoms. The van der Waals surface area contributed by atoms with Crippen LogP contribution in [0, 0.1) is 5.82 Å². The maximum absolute atomic E-state index is 15.0. The molecule has 6 nitrogen and oxygen atoms in total. The Kier molecular flexibility index (Phi) is 6.57. The molecule has 0 unspecified atom stereocenters. The largest absolute Gasteiger partial charge is 0.381 e. The Bertz CT molecular complexity index is 1200. The Morgan fingerprint density at radius 1 is 1.24 bits per heavy atom. The van der Waals surface area contributed by atoms with Crippen molar-refractivity contribution in [3.05, 3.63) is 47.7 Å². The molecule has 1 fully saturated rings. The zero-order valence-electron chi connectivity index (χ0n) is 18.6. The fraction of sp³-hybridized carbons (Fsp3) is 0.435. The molecule has 1 aromatic carbocycles. The van der Waals surface area contributed by atoms with Crippen molar-refractivity contribution in [3.63, 3.8) is 0 Å². The van der Waals surface area contributed by atoms with E-state index >= 15 is 0 Å². The predicted octanol–water partition coefficient (Wildman–Crippen LogP) is 4.87. The van der Waals surface area contributed by atoms with Gasteiger partial charge in [0.25, 0.3) is 12.3 Å². The molecule has 1 aliphatic heterocycles. The molecule has 1 amide bonds. The van der Waals surface area contributed by atoms with Crippen LogP contribution in [0.1, 0.15) is 35.9 Å². The van der Waals surface area contributed by atoms with E-state index in [0.717, 1.165) is 10.6 Å². The lowest BCUT2D eigenvalue weighted by molar-refractivity contribution is 0.00166. The maximum Gasteiger partial charge on any atom is 0.302 e. The fourth-order valence-corrected chi connectivity index (χ4v) is 4.22. The Balaban J connectivity index is 1.71. The van der Waals surface area contributed by atoms with Gasteiger partial charge < -0.3 is 14.2 Å². The van der Waals surface area contributed by atoms with Crippen molar-refractivity contribution in [2.24, 2.45) is 0 Å². The highest BCUT2D eigenvalue weighted by Gasteiger charge is 2.34. The highest BCUT2D eigenvalue weighted by Crippen LogP contribution is 2.34. The topological polar surface area (TPSA) is 60.2 Å². The van der Waals surface area contributed by atoms with E-state index < -0.39 is 36.4 Å². The molecule has 3 aromatic rings. The number of alkyl halides is 4. The number of amides is 1. The summed E-state index contributed by atoms with van der Waals surface area (Å²) in [4.78, 5) is 22.4. The van der Waals surface area contributed by atoms with Gasteiger partial charge in [-0.05, 0) is 31.0 Å². The smallest absolute Gasteiger partial charge is 0.302 e. The summed E-state index contributed by atoms with van der Waals surface area (Å²) < 4.78 is 75.4. The first-order valence-corrected chi connectivity index (χ1v) is 10.7. The molecule has 0 aliphatic carbocycles. The van der Waals surface area contributed by atoms with E-state index in [-0.39, 0.29) is 34.0 Å². The van der Waals surface area contributed by atoms with Crippen LogP contribution in [-0.4, -0.2) is 58.1 Å². The predicted molar refractivity (Wildman–Crippen MR) is 114 cm³/mol. The van der Waals surface area contributed by atoms with Crippen LogP contribution in [0.25, 0.3) is 22.3 Å². The second kappa shape index (κ2) is 9.28. The normalized spacial score (nSPS) is 15.5. The molecule has 0 N–H and O–H groups in total. The van der Waals surface area contributed by atoms with Crippen molar-refractivity contribution in [3.8, 4) is 11.3 Å². The number of carbonyl (C=O) groups excluding carboxylic acids is 1. The van der Waals surface area contributed by atoms with Gasteiger partial charge in [0.15, 0.2) is 5.82 Å². The van der Waals surface area contributed by atoms with Crippen molar-refractivity contribution in [1.29, 1.82) is 0 Å². The van der Waals surface area contributed by atoms with Gasteiger partial charge >= 0.3 is 5.92 Å². The minimum atomic E-state index is -3.48. The van der Waals surface area contributed by atoms with Crippen molar-refractivity contribution in [2.75, 3.05) is 20.2 Å². The number of ether oxygens (including phenoxy) is 1. The van der Waals surface area contributed by atoms with Crippen LogP contribution in [0.4, 0.5) is 22.0 Å². The number of hydrogen-bond acceptors (Lipinski definition) is 4. The average molecular weight is 482 g/mol. The summed E-state index contributed by atoms with van der Waals surface area (Å²) in [6, 6.07) is 5.13. The molecule has 34 heavy (non-hydrogen) atoms. The van der Waals surface area contributed by atoms with Gasteiger partial charge in [-0.15, -0.1) is 0 Å². The Hall–Kier alpha value is -3.08. The van der Waals surface area contributed by atoms with Gasteiger partial charge in [0.05, 0.1) is 29.4 Å². The fourth-order valence-electron chi connectivity index (χ4n) is 4.22. The minimum absolute atomic E-state index is 0.0309. The third-order valence-corrected chi connectivity index (χ3v) is 5.92. The summed E-state index contributed by atoms with van der Waals surface area (Å²) in [6.07, 6.45) is -0.255. The van der Waals surface area contributed by atoms with Crippen molar-refractivity contribution < 1.29 is 31.5 Å². The van der Waals surface area contributed by atoms with Crippen LogP contribution >= 0.6 is 0 Å². The number of aromatic nitrogens is 3. The number of methoxy groups -OCH3 is 1. The van der Waals surface area contributed by atoms with E-state index in [4.69, 9.17) is 4.74 Å². The summed E-state index contributed by atoms with van der Waals surface area (Å²) in [5.74, 6) is -5.57. The van der Waals surface area contributed by atoms with E-state index in [9.17, 15) is 26.7 Å². The van der Waals surface area contributed by atoms with Crippen LogP contribution in [0.2, 0.25) is 0 Å². The molecule has 2 aromatic heterocycles. The maximum atomic E-state index is 15.0. The van der Waals surface area contributed by atoms with Crippen molar-refractivity contribution >= 4 is 16.9 Å². The molecule has 1 aliphatic rings. The van der Waals surface area contributed by atoms with Gasteiger partial charge in [-0.25, -0.2) is 18.2 Å². The number of imidazole rings is 1. The number of nitrogens with zero attached hydrogens (tertiary/aromatic N) is 4. The standard InChI is InChI=1S/C23H23F5N4O2/c1-23(27,28)22-30-20-17(32(22)12-18(25)26)5-8-29-19(20)13-3-4-15(16(24)11-13)21(33)31-9-6-14(34-2)7-10-31/h3-5,8,11,14,18H,6-7,9-10,12H2,1-2H3. The molecular formula is C23H23F5N4O2. The molecule has 0 spiro atoms. The van der Waals surface area contributed by atoms with Crippen molar-refractivity contribution in [1.82, 2.24) is 19.4 Å². The molecule has 1 saturated heterocycles. The number of carbonyl (C=O) groups is 1. The number of likely N-dealkylation sites (tertiary alicyclic amines) is 1. The van der Waals surface area contributed by atoms with E-state index in [1.807, 2.05) is 0 Å². The van der Waals surface area contributed by atoms with E-state index in [0.29, 0.717) is 32.9 Å². The monoisotopic (exact) mass is 482 g/mol. The number of hydrogen-bond donors (Lipinski definition) is 0. The molecular weight excluding hydrogens is 459 g/mol. The highest BCUT2D eigenvalue weighted by atomic mass is 19.3. The highest BCUT2D eigenvalue weighted by molar-refractivity contribution is 5.96. The van der Waals surface area contributed by atoms with E-state index in [2.05, 4.69) is 9.97 Å². The van der Waals surface area contributed by atoms with Gasteiger partial charge in [-0.2, -0.15) is 8.78 Å². The molecule has 4 rings (SSSR count). The molecule has 11 heteroatoms. The molecule has 0 radical (unpaired) electrons. The quantitative estimate of drug-likeness (QED) is 0.471. The van der Waals surface area contributed by atoms with Crippen LogP contribution in [0.15, 0.2) is 30.5 Å². The first kappa shape index (κ1) is 24.1. The lowest BCUT2D eigenvalue weighted by atomic mass is 10.0. The second-order valence-corrected chi connectivity index (χ2v) is 8.27. The summed E-state index contributed by atoms with van der Waals surface area (Å²) in [6.45, 7) is 0.475. The SMILES string of the molecule is COC1CCN(C(=O)c2ccc(-c3nccc4c3nc(C(C)(F)F)n4CC(F)F)cc2F)CC1. The van der Waals surface area contributed by atoms with Crippen LogP contribution < -0.4 is 0 Å². The third kappa shape index (κ3) is 4.61. The lowest BCUT2D eigenvalue weighted by Gasteiger charge is -2.31.